The summed E-state index contributed by atoms with van der Waals surface area (Å²) in [7, 11) is 1.44. The summed E-state index contributed by atoms with van der Waals surface area (Å²) in [6.07, 6.45) is 0. The maximum Gasteiger partial charge on any atom is 0.271 e. The zero-order chi connectivity index (χ0) is 16.1. The van der Waals surface area contributed by atoms with Crippen molar-refractivity contribution >= 4 is 45.2 Å². The highest BCUT2D eigenvalue weighted by molar-refractivity contribution is 8.39. The lowest BCUT2D eigenvalue weighted by molar-refractivity contribution is -0.384. The first-order valence-corrected chi connectivity index (χ1v) is 8.35. The molecule has 22 heavy (non-hydrogen) atoms. The van der Waals surface area contributed by atoms with Crippen LogP contribution in [0.25, 0.3) is 0 Å². The summed E-state index contributed by atoms with van der Waals surface area (Å²) >= 11 is 3.01. The van der Waals surface area contributed by atoms with Gasteiger partial charge in [-0.25, -0.2) is 0 Å². The summed E-state index contributed by atoms with van der Waals surface area (Å²) in [5.74, 6) is 1.07. The van der Waals surface area contributed by atoms with Gasteiger partial charge in [0.1, 0.15) is 10.1 Å². The van der Waals surface area contributed by atoms with E-state index in [9.17, 15) is 14.9 Å². The minimum atomic E-state index is -0.517. The Morgan fingerprint density at radius 1 is 1.59 bits per heavy atom. The molecule has 0 unspecified atom stereocenters. The van der Waals surface area contributed by atoms with E-state index in [0.29, 0.717) is 5.75 Å². The summed E-state index contributed by atoms with van der Waals surface area (Å²) in [6, 6.07) is 4.08. The van der Waals surface area contributed by atoms with E-state index in [4.69, 9.17) is 4.74 Å². The Labute approximate surface area is 136 Å². The summed E-state index contributed by atoms with van der Waals surface area (Å²) in [4.78, 5) is 26.8. The molecule has 0 radical (unpaired) electrons. The number of methoxy groups -OCH3 is 1. The zero-order valence-electron chi connectivity index (χ0n) is 12.1. The van der Waals surface area contributed by atoms with E-state index in [0.717, 1.165) is 16.7 Å². The lowest BCUT2D eigenvalue weighted by Gasteiger charge is -2.13. The predicted molar refractivity (Wildman–Crippen MR) is 90.1 cm³/mol. The quantitative estimate of drug-likeness (QED) is 0.654. The first-order chi connectivity index (χ1) is 10.5. The molecule has 0 saturated heterocycles. The number of carbonyl (C=O) groups is 1. The molecule has 2 rings (SSSR count). The van der Waals surface area contributed by atoms with E-state index in [1.54, 1.807) is 18.7 Å². The largest absolute Gasteiger partial charge is 0.495 e. The van der Waals surface area contributed by atoms with Gasteiger partial charge in [0.25, 0.3) is 5.69 Å². The first-order valence-electron chi connectivity index (χ1n) is 6.48. The topological polar surface area (TPSA) is 93.8 Å². The van der Waals surface area contributed by atoms with Gasteiger partial charge in [-0.1, -0.05) is 23.5 Å². The van der Waals surface area contributed by atoms with Gasteiger partial charge in [0.15, 0.2) is 0 Å². The van der Waals surface area contributed by atoms with Crippen molar-refractivity contribution in [1.82, 2.24) is 0 Å². The average molecular weight is 341 g/mol. The van der Waals surface area contributed by atoms with Crippen LogP contribution in [-0.4, -0.2) is 39.9 Å². The second-order valence-corrected chi connectivity index (χ2v) is 7.06. The van der Waals surface area contributed by atoms with Crippen LogP contribution in [0.4, 0.5) is 11.4 Å². The fourth-order valence-electron chi connectivity index (χ4n) is 1.73. The van der Waals surface area contributed by atoms with Crippen LogP contribution in [0.15, 0.2) is 23.2 Å². The van der Waals surface area contributed by atoms with Gasteiger partial charge in [-0.2, -0.15) is 0 Å². The van der Waals surface area contributed by atoms with Crippen molar-refractivity contribution in [2.45, 2.75) is 12.2 Å². The third-order valence-electron chi connectivity index (χ3n) is 2.86. The molecule has 1 N–H and O–H groups in total. The highest BCUT2D eigenvalue weighted by atomic mass is 32.2. The van der Waals surface area contributed by atoms with Crippen LogP contribution < -0.4 is 10.1 Å². The van der Waals surface area contributed by atoms with Gasteiger partial charge in [0, 0.05) is 17.9 Å². The van der Waals surface area contributed by atoms with E-state index in [1.165, 1.54) is 37.1 Å². The van der Waals surface area contributed by atoms with Gasteiger partial charge in [0.2, 0.25) is 5.91 Å². The van der Waals surface area contributed by atoms with Crippen LogP contribution in [0, 0.1) is 10.1 Å². The number of hydrogen-bond acceptors (Lipinski definition) is 7. The number of thioether (sulfide) groups is 2. The maximum atomic E-state index is 12.2. The number of nitro benzene ring substituents is 1. The van der Waals surface area contributed by atoms with Crippen molar-refractivity contribution in [1.29, 1.82) is 0 Å². The lowest BCUT2D eigenvalue weighted by Crippen LogP contribution is -2.23. The van der Waals surface area contributed by atoms with E-state index in [1.807, 2.05) is 0 Å². The average Bonchev–Trinajstić information content (AvgIpc) is 2.99. The number of ether oxygens (including phenoxy) is 1. The number of rotatable bonds is 5. The van der Waals surface area contributed by atoms with Crippen LogP contribution in [0.3, 0.4) is 0 Å². The molecular formula is C13H15N3O4S2. The number of carbonyl (C=O) groups excluding carboxylic acids is 1. The van der Waals surface area contributed by atoms with Crippen molar-refractivity contribution < 1.29 is 14.5 Å². The van der Waals surface area contributed by atoms with Gasteiger partial charge in [-0.05, 0) is 13.0 Å². The first kappa shape index (κ1) is 16.6. The Kier molecular flexibility index (Phi) is 5.67. The number of amides is 1. The van der Waals surface area contributed by atoms with Crippen LogP contribution >= 0.6 is 23.5 Å². The van der Waals surface area contributed by atoms with E-state index in [2.05, 4.69) is 10.3 Å². The summed E-state index contributed by atoms with van der Waals surface area (Å²) in [5, 5.41) is 13.2. The monoisotopic (exact) mass is 341 g/mol. The van der Waals surface area contributed by atoms with Crippen LogP contribution in [-0.2, 0) is 4.79 Å². The number of nitrogens with zero attached hydrogens (tertiary/aromatic N) is 2. The SMILES string of the molecule is COc1ccc([N+](=O)[O-])cc1NC(=O)[C@H](C)SC1=NCCS1. The highest BCUT2D eigenvalue weighted by Gasteiger charge is 2.21. The number of benzene rings is 1. The molecule has 118 valence electrons. The van der Waals surface area contributed by atoms with Crippen LogP contribution in [0.2, 0.25) is 0 Å². The molecule has 1 aliphatic heterocycles. The second-order valence-electron chi connectivity index (χ2n) is 4.39. The van der Waals surface area contributed by atoms with Gasteiger partial charge in [0.05, 0.1) is 29.5 Å². The fourth-order valence-corrected chi connectivity index (χ4v) is 3.86. The van der Waals surface area contributed by atoms with Crippen LogP contribution in [0.1, 0.15) is 6.92 Å². The molecular weight excluding hydrogens is 326 g/mol. The number of hydrogen-bond donors (Lipinski definition) is 1. The summed E-state index contributed by atoms with van der Waals surface area (Å²) in [5.41, 5.74) is 0.183. The third kappa shape index (κ3) is 4.14. The van der Waals surface area contributed by atoms with E-state index >= 15 is 0 Å². The minimum absolute atomic E-state index is 0.105. The van der Waals surface area contributed by atoms with E-state index < -0.39 is 4.92 Å². The fraction of sp³-hybridized carbons (Fsp3) is 0.385. The molecule has 0 aromatic heterocycles. The second kappa shape index (κ2) is 7.50. The Morgan fingerprint density at radius 2 is 2.36 bits per heavy atom. The molecule has 0 aliphatic carbocycles. The number of nitro groups is 1. The van der Waals surface area contributed by atoms with Crippen LogP contribution in [0.5, 0.6) is 5.75 Å². The van der Waals surface area contributed by atoms with E-state index in [-0.39, 0.29) is 22.5 Å². The summed E-state index contributed by atoms with van der Waals surface area (Å²) < 4.78 is 6.02. The molecule has 1 aromatic rings. The predicted octanol–water partition coefficient (Wildman–Crippen LogP) is 2.77. The van der Waals surface area contributed by atoms with Gasteiger partial charge >= 0.3 is 0 Å². The van der Waals surface area contributed by atoms with Crippen molar-refractivity contribution in [2.24, 2.45) is 4.99 Å². The smallest absolute Gasteiger partial charge is 0.271 e. The van der Waals surface area contributed by atoms with Gasteiger partial charge in [-0.3, -0.25) is 19.9 Å². The lowest BCUT2D eigenvalue weighted by atomic mass is 10.2. The highest BCUT2D eigenvalue weighted by Crippen LogP contribution is 2.31. The standard InChI is InChI=1S/C13H15N3O4S2/c1-8(22-13-14-5-6-21-13)12(17)15-10-7-9(16(18)19)3-4-11(10)20-2/h3-4,7-8H,5-6H2,1-2H3,(H,15,17)/t8-/m0/s1. The number of aliphatic imine (C=N–C) groups is 1. The van der Waals surface area contributed by atoms with Crippen molar-refractivity contribution in [3.63, 3.8) is 0 Å². The molecule has 1 atom stereocenters. The molecule has 9 heteroatoms. The Hall–Kier alpha value is -1.74. The molecule has 0 bridgehead atoms. The molecule has 1 aliphatic rings. The maximum absolute atomic E-state index is 12.2. The summed E-state index contributed by atoms with van der Waals surface area (Å²) in [6.45, 7) is 2.55. The van der Waals surface area contributed by atoms with Crippen molar-refractivity contribution in [3.05, 3.63) is 28.3 Å². The Balaban J connectivity index is 2.09. The number of anilines is 1. The van der Waals surface area contributed by atoms with Gasteiger partial charge < -0.3 is 10.1 Å². The number of non-ortho nitro benzene ring substituents is 1. The van der Waals surface area contributed by atoms with Crippen molar-refractivity contribution in [3.8, 4) is 5.75 Å². The minimum Gasteiger partial charge on any atom is -0.495 e. The number of nitrogens with one attached hydrogen (secondary N) is 1. The molecule has 0 saturated carbocycles. The molecule has 1 heterocycles. The molecule has 7 nitrogen and oxygen atoms in total. The normalized spacial score (nSPS) is 15.1. The molecule has 0 fully saturated rings. The zero-order valence-corrected chi connectivity index (χ0v) is 13.7. The molecule has 0 spiro atoms. The molecule has 1 aromatic carbocycles. The van der Waals surface area contributed by atoms with Crippen molar-refractivity contribution in [2.75, 3.05) is 24.7 Å². The molecule has 1 amide bonds. The van der Waals surface area contributed by atoms with Gasteiger partial charge in [-0.15, -0.1) is 0 Å². The third-order valence-corrected chi connectivity index (χ3v) is 5.16. The Morgan fingerprint density at radius 3 is 2.95 bits per heavy atom. The Bertz CT molecular complexity index is 621.